The van der Waals surface area contributed by atoms with Crippen molar-refractivity contribution < 1.29 is 17.6 Å². The zero-order chi connectivity index (χ0) is 23.9. The van der Waals surface area contributed by atoms with Gasteiger partial charge in [-0.05, 0) is 12.1 Å². The van der Waals surface area contributed by atoms with Gasteiger partial charge >= 0.3 is 5.69 Å². The van der Waals surface area contributed by atoms with Crippen LogP contribution in [0.25, 0.3) is 11.2 Å². The molecule has 3 heterocycles. The zero-order valence-electron chi connectivity index (χ0n) is 18.1. The van der Waals surface area contributed by atoms with Crippen molar-refractivity contribution in [2.75, 3.05) is 26.2 Å². The molecule has 2 aromatic heterocycles. The molecular weight excluding hydrogens is 455 g/mol. The lowest BCUT2D eigenvalue weighted by molar-refractivity contribution is -0.132. The molecule has 0 atom stereocenters. The van der Waals surface area contributed by atoms with Crippen LogP contribution in [0.2, 0.25) is 0 Å². The SMILES string of the molecule is Cn1c(=O)c2c(ncn2CCC(=O)N2CCN(S(=O)(=O)c3ccccc3F)CC2)n(C)c1=O. The first-order chi connectivity index (χ1) is 15.6. The molecule has 0 radical (unpaired) electrons. The summed E-state index contributed by atoms with van der Waals surface area (Å²) in [5.74, 6) is -1.02. The Kier molecular flexibility index (Phi) is 5.93. The Morgan fingerprint density at radius 2 is 1.73 bits per heavy atom. The van der Waals surface area contributed by atoms with Crippen LogP contribution in [0.5, 0.6) is 0 Å². The molecule has 1 amide bonds. The third kappa shape index (κ3) is 3.97. The van der Waals surface area contributed by atoms with Crippen molar-refractivity contribution in [2.45, 2.75) is 17.9 Å². The molecule has 3 aromatic rings. The highest BCUT2D eigenvalue weighted by atomic mass is 32.2. The summed E-state index contributed by atoms with van der Waals surface area (Å²) in [5, 5.41) is 0. The molecular formula is C20H23FN6O5S. The van der Waals surface area contributed by atoms with Crippen LogP contribution in [0.4, 0.5) is 4.39 Å². The smallest absolute Gasteiger partial charge is 0.332 e. The number of benzene rings is 1. The summed E-state index contributed by atoms with van der Waals surface area (Å²) in [6.07, 6.45) is 1.48. The van der Waals surface area contributed by atoms with E-state index >= 15 is 0 Å². The maximum absolute atomic E-state index is 14.0. The Morgan fingerprint density at radius 1 is 1.06 bits per heavy atom. The van der Waals surface area contributed by atoms with Crippen molar-refractivity contribution in [3.05, 3.63) is 57.2 Å². The molecule has 0 bridgehead atoms. The number of imidazole rings is 1. The molecule has 1 saturated heterocycles. The minimum absolute atomic E-state index is 0.0546. The van der Waals surface area contributed by atoms with E-state index in [9.17, 15) is 27.2 Å². The Bertz CT molecular complexity index is 1450. The van der Waals surface area contributed by atoms with Crippen LogP contribution < -0.4 is 11.2 Å². The van der Waals surface area contributed by atoms with Crippen molar-refractivity contribution >= 4 is 27.1 Å². The number of hydrogen-bond acceptors (Lipinski definition) is 6. The molecule has 1 aliphatic rings. The van der Waals surface area contributed by atoms with Gasteiger partial charge in [-0.15, -0.1) is 0 Å². The summed E-state index contributed by atoms with van der Waals surface area (Å²) in [4.78, 5) is 42.5. The van der Waals surface area contributed by atoms with Gasteiger partial charge in [-0.2, -0.15) is 4.31 Å². The molecule has 0 spiro atoms. The third-order valence-corrected chi connectivity index (χ3v) is 7.76. The van der Waals surface area contributed by atoms with Gasteiger partial charge in [0.25, 0.3) is 5.56 Å². The highest BCUT2D eigenvalue weighted by molar-refractivity contribution is 7.89. The molecule has 4 rings (SSSR count). The van der Waals surface area contributed by atoms with Crippen LogP contribution in [0.3, 0.4) is 0 Å². The molecule has 11 nitrogen and oxygen atoms in total. The Hall–Kier alpha value is -3.32. The van der Waals surface area contributed by atoms with E-state index in [4.69, 9.17) is 0 Å². The summed E-state index contributed by atoms with van der Waals surface area (Å²) >= 11 is 0. The average molecular weight is 479 g/mol. The topological polar surface area (TPSA) is 120 Å². The van der Waals surface area contributed by atoms with Crippen LogP contribution >= 0.6 is 0 Å². The lowest BCUT2D eigenvalue weighted by atomic mass is 10.3. The fourth-order valence-electron chi connectivity index (χ4n) is 3.91. The maximum atomic E-state index is 14.0. The number of nitrogens with zero attached hydrogens (tertiary/aromatic N) is 6. The van der Waals surface area contributed by atoms with E-state index in [1.807, 2.05) is 0 Å². The maximum Gasteiger partial charge on any atom is 0.332 e. The number of sulfonamides is 1. The minimum Gasteiger partial charge on any atom is -0.340 e. The number of amides is 1. The van der Waals surface area contributed by atoms with Crippen LogP contribution in [0, 0.1) is 5.82 Å². The van der Waals surface area contributed by atoms with Crippen molar-refractivity contribution in [2.24, 2.45) is 14.1 Å². The van der Waals surface area contributed by atoms with Crippen LogP contribution in [-0.2, 0) is 35.5 Å². The Balaban J connectivity index is 1.42. The monoisotopic (exact) mass is 478 g/mol. The molecule has 1 aliphatic heterocycles. The predicted octanol–water partition coefficient (Wildman–Crippen LogP) is -0.504. The summed E-state index contributed by atoms with van der Waals surface area (Å²) in [7, 11) is -1.10. The second-order valence-corrected chi connectivity index (χ2v) is 9.69. The quantitative estimate of drug-likeness (QED) is 0.488. The first kappa shape index (κ1) is 22.9. The highest BCUT2D eigenvalue weighted by Gasteiger charge is 2.31. The number of fused-ring (bicyclic) bond motifs is 1. The van der Waals surface area contributed by atoms with Gasteiger partial charge in [0.2, 0.25) is 15.9 Å². The molecule has 0 saturated carbocycles. The van der Waals surface area contributed by atoms with Gasteiger partial charge in [-0.3, -0.25) is 18.7 Å². The van der Waals surface area contributed by atoms with Gasteiger partial charge in [0.1, 0.15) is 10.7 Å². The molecule has 0 unspecified atom stereocenters. The van der Waals surface area contributed by atoms with E-state index < -0.39 is 27.1 Å². The Morgan fingerprint density at radius 3 is 2.39 bits per heavy atom. The molecule has 176 valence electrons. The van der Waals surface area contributed by atoms with E-state index in [-0.39, 0.29) is 61.1 Å². The summed E-state index contributed by atoms with van der Waals surface area (Å²) < 4.78 is 44.4. The van der Waals surface area contributed by atoms with Gasteiger partial charge in [-0.25, -0.2) is 22.6 Å². The number of aryl methyl sites for hydroxylation is 2. The van der Waals surface area contributed by atoms with Gasteiger partial charge < -0.3 is 9.47 Å². The van der Waals surface area contributed by atoms with Crippen molar-refractivity contribution in [3.8, 4) is 0 Å². The molecule has 0 N–H and O–H groups in total. The lowest BCUT2D eigenvalue weighted by Gasteiger charge is -2.34. The zero-order valence-corrected chi connectivity index (χ0v) is 19.0. The third-order valence-electron chi connectivity index (χ3n) is 5.83. The molecule has 0 aliphatic carbocycles. The van der Waals surface area contributed by atoms with Crippen LogP contribution in [0.15, 0.2) is 45.1 Å². The van der Waals surface area contributed by atoms with Crippen molar-refractivity contribution in [1.29, 1.82) is 0 Å². The van der Waals surface area contributed by atoms with E-state index in [0.717, 1.165) is 10.6 Å². The van der Waals surface area contributed by atoms with E-state index in [2.05, 4.69) is 4.98 Å². The standard InChI is InChI=1S/C20H23FN6O5S/c1-23-18-17(19(29)24(2)20(23)30)26(13-22-18)8-7-16(28)25-9-11-27(12-10-25)33(31,32)15-6-4-3-5-14(15)21/h3-6,13H,7-12H2,1-2H3. The second-order valence-electron chi connectivity index (χ2n) is 7.78. The number of piperazine rings is 1. The Labute approximate surface area is 188 Å². The van der Waals surface area contributed by atoms with Gasteiger partial charge in [0.05, 0.1) is 6.33 Å². The summed E-state index contributed by atoms with van der Waals surface area (Å²) in [5.41, 5.74) is -0.516. The first-order valence-electron chi connectivity index (χ1n) is 10.3. The summed E-state index contributed by atoms with van der Waals surface area (Å²) in [6.45, 7) is 0.634. The molecule has 33 heavy (non-hydrogen) atoms. The van der Waals surface area contributed by atoms with E-state index in [0.29, 0.717) is 0 Å². The average Bonchev–Trinajstić information content (AvgIpc) is 3.24. The first-order valence-corrected chi connectivity index (χ1v) is 11.7. The normalized spacial score (nSPS) is 15.3. The van der Waals surface area contributed by atoms with Crippen LogP contribution in [-0.4, -0.2) is 68.4 Å². The molecule has 13 heteroatoms. The minimum atomic E-state index is -3.99. The molecule has 1 fully saturated rings. The fraction of sp³-hybridized carbons (Fsp3) is 0.400. The number of aromatic nitrogens is 4. The number of carbonyl (C=O) groups is 1. The largest absolute Gasteiger partial charge is 0.340 e. The summed E-state index contributed by atoms with van der Waals surface area (Å²) in [6, 6.07) is 5.19. The van der Waals surface area contributed by atoms with Crippen LogP contribution in [0.1, 0.15) is 6.42 Å². The van der Waals surface area contributed by atoms with Crippen molar-refractivity contribution in [1.82, 2.24) is 27.9 Å². The second kappa shape index (κ2) is 8.56. The van der Waals surface area contributed by atoms with Gasteiger partial charge in [0.15, 0.2) is 11.2 Å². The highest BCUT2D eigenvalue weighted by Crippen LogP contribution is 2.20. The number of halogens is 1. The lowest BCUT2D eigenvalue weighted by Crippen LogP contribution is -2.50. The predicted molar refractivity (Wildman–Crippen MR) is 117 cm³/mol. The number of rotatable bonds is 5. The van der Waals surface area contributed by atoms with Crippen molar-refractivity contribution in [3.63, 3.8) is 0 Å². The number of hydrogen-bond donors (Lipinski definition) is 0. The van der Waals surface area contributed by atoms with E-state index in [1.165, 1.54) is 52.1 Å². The van der Waals surface area contributed by atoms with Gasteiger partial charge in [0, 0.05) is 53.2 Å². The number of carbonyl (C=O) groups excluding carboxylic acids is 1. The van der Waals surface area contributed by atoms with Gasteiger partial charge in [-0.1, -0.05) is 12.1 Å². The fourth-order valence-corrected chi connectivity index (χ4v) is 5.40. The molecule has 1 aromatic carbocycles. The van der Waals surface area contributed by atoms with E-state index in [1.54, 1.807) is 4.90 Å².